The van der Waals surface area contributed by atoms with Gasteiger partial charge >= 0.3 is 5.97 Å². The Labute approximate surface area is 111 Å². The van der Waals surface area contributed by atoms with E-state index in [4.69, 9.17) is 9.84 Å². The van der Waals surface area contributed by atoms with Crippen LogP contribution in [-0.2, 0) is 4.79 Å². The normalized spacial score (nSPS) is 18.4. The molecule has 0 aliphatic carbocycles. The van der Waals surface area contributed by atoms with E-state index in [1.165, 1.54) is 12.0 Å². The van der Waals surface area contributed by atoms with E-state index >= 15 is 0 Å². The average molecular weight is 263 g/mol. The third-order valence-electron chi connectivity index (χ3n) is 3.38. The summed E-state index contributed by atoms with van der Waals surface area (Å²) >= 11 is 0. The number of nitrogens with zero attached hydrogens (tertiary/aromatic N) is 1. The van der Waals surface area contributed by atoms with Crippen molar-refractivity contribution in [2.75, 3.05) is 13.7 Å². The number of methoxy groups -OCH3 is 1. The number of hydrogen-bond acceptors (Lipinski definition) is 3. The second-order valence-corrected chi connectivity index (χ2v) is 4.70. The Hall–Kier alpha value is -2.04. The zero-order valence-corrected chi connectivity index (χ0v) is 11.0. The fourth-order valence-corrected chi connectivity index (χ4v) is 2.41. The molecule has 1 aliphatic rings. The molecule has 1 saturated heterocycles. The van der Waals surface area contributed by atoms with Crippen LogP contribution in [0.4, 0.5) is 0 Å². The monoisotopic (exact) mass is 263 g/mol. The van der Waals surface area contributed by atoms with Gasteiger partial charge in [-0.1, -0.05) is 11.6 Å². The second kappa shape index (κ2) is 5.30. The minimum absolute atomic E-state index is 0.273. The van der Waals surface area contributed by atoms with Crippen molar-refractivity contribution in [1.82, 2.24) is 4.90 Å². The Balaban J connectivity index is 2.33. The molecule has 1 amide bonds. The maximum absolute atomic E-state index is 12.5. The van der Waals surface area contributed by atoms with Gasteiger partial charge in [-0.25, -0.2) is 4.79 Å². The first-order chi connectivity index (χ1) is 9.04. The van der Waals surface area contributed by atoms with E-state index in [1.807, 2.05) is 13.0 Å². The van der Waals surface area contributed by atoms with Gasteiger partial charge in [0.15, 0.2) is 0 Å². The average Bonchev–Trinajstić information content (AvgIpc) is 2.87. The Kier molecular flexibility index (Phi) is 3.74. The highest BCUT2D eigenvalue weighted by atomic mass is 16.5. The summed E-state index contributed by atoms with van der Waals surface area (Å²) in [5.74, 6) is -0.741. The lowest BCUT2D eigenvalue weighted by atomic mass is 10.1. The first kappa shape index (κ1) is 13.4. The highest BCUT2D eigenvalue weighted by Gasteiger charge is 2.35. The lowest BCUT2D eigenvalue weighted by Crippen LogP contribution is -2.40. The molecule has 1 aromatic rings. The minimum Gasteiger partial charge on any atom is -0.496 e. The van der Waals surface area contributed by atoms with Crippen LogP contribution in [0.5, 0.6) is 5.75 Å². The fourth-order valence-electron chi connectivity index (χ4n) is 2.41. The van der Waals surface area contributed by atoms with Gasteiger partial charge in [0.05, 0.1) is 12.7 Å². The van der Waals surface area contributed by atoms with Crippen LogP contribution in [0.15, 0.2) is 18.2 Å². The molecule has 5 heteroatoms. The van der Waals surface area contributed by atoms with Gasteiger partial charge in [0.1, 0.15) is 11.8 Å². The van der Waals surface area contributed by atoms with E-state index in [1.54, 1.807) is 12.1 Å². The van der Waals surface area contributed by atoms with Crippen molar-refractivity contribution in [2.24, 2.45) is 0 Å². The summed E-state index contributed by atoms with van der Waals surface area (Å²) in [6, 6.07) is 4.60. The van der Waals surface area contributed by atoms with Gasteiger partial charge in [0.2, 0.25) is 0 Å². The Bertz CT molecular complexity index is 512. The van der Waals surface area contributed by atoms with E-state index in [0.29, 0.717) is 24.3 Å². The molecule has 0 unspecified atom stereocenters. The number of carboxylic acid groups (broad SMARTS) is 1. The molecule has 2 rings (SSSR count). The molecular weight excluding hydrogens is 246 g/mol. The summed E-state index contributed by atoms with van der Waals surface area (Å²) < 4.78 is 5.18. The van der Waals surface area contributed by atoms with Crippen LogP contribution in [0, 0.1) is 6.92 Å². The summed E-state index contributed by atoms with van der Waals surface area (Å²) in [5.41, 5.74) is 1.37. The first-order valence-corrected chi connectivity index (χ1v) is 6.23. The molecule has 102 valence electrons. The van der Waals surface area contributed by atoms with E-state index in [9.17, 15) is 9.59 Å². The predicted molar refractivity (Wildman–Crippen MR) is 69.4 cm³/mol. The number of hydrogen-bond donors (Lipinski definition) is 1. The largest absolute Gasteiger partial charge is 0.496 e. The van der Waals surface area contributed by atoms with Crippen molar-refractivity contribution >= 4 is 11.9 Å². The van der Waals surface area contributed by atoms with Gasteiger partial charge in [-0.2, -0.15) is 0 Å². The molecule has 0 aromatic heterocycles. The van der Waals surface area contributed by atoms with Crippen molar-refractivity contribution in [3.63, 3.8) is 0 Å². The molecule has 0 saturated carbocycles. The summed E-state index contributed by atoms with van der Waals surface area (Å²) in [6.45, 7) is 2.36. The highest BCUT2D eigenvalue weighted by Crippen LogP contribution is 2.26. The van der Waals surface area contributed by atoms with Crippen LogP contribution < -0.4 is 4.74 Å². The predicted octanol–water partition coefficient (Wildman–Crippen LogP) is 1.69. The third-order valence-corrected chi connectivity index (χ3v) is 3.38. The van der Waals surface area contributed by atoms with Crippen molar-refractivity contribution < 1.29 is 19.4 Å². The molecular formula is C14H17NO4. The SMILES string of the molecule is COc1ccc(C)cc1C(=O)N1CCC[C@H]1C(=O)O. The Morgan fingerprint density at radius 3 is 2.79 bits per heavy atom. The molecule has 0 bridgehead atoms. The molecule has 1 atom stereocenters. The van der Waals surface area contributed by atoms with Crippen LogP contribution in [0.25, 0.3) is 0 Å². The quantitative estimate of drug-likeness (QED) is 0.901. The van der Waals surface area contributed by atoms with Gasteiger partial charge in [-0.3, -0.25) is 4.79 Å². The maximum atomic E-state index is 12.5. The standard InChI is InChI=1S/C14H17NO4/c1-9-5-6-12(19-2)10(8-9)13(16)15-7-3-4-11(15)14(17)18/h5-6,8,11H,3-4,7H2,1-2H3,(H,17,18)/t11-/m0/s1. The van der Waals surface area contributed by atoms with Crippen molar-refractivity contribution in [1.29, 1.82) is 0 Å². The molecule has 1 aromatic carbocycles. The molecule has 1 fully saturated rings. The summed E-state index contributed by atoms with van der Waals surface area (Å²) in [4.78, 5) is 25.0. The molecule has 1 heterocycles. The number of carboxylic acids is 1. The van der Waals surface area contributed by atoms with Crippen LogP contribution in [0.2, 0.25) is 0 Å². The van der Waals surface area contributed by atoms with Crippen molar-refractivity contribution in [2.45, 2.75) is 25.8 Å². The highest BCUT2D eigenvalue weighted by molar-refractivity contribution is 5.99. The molecule has 0 radical (unpaired) electrons. The number of benzene rings is 1. The van der Waals surface area contributed by atoms with Crippen LogP contribution in [0.3, 0.4) is 0 Å². The molecule has 1 N–H and O–H groups in total. The molecule has 0 spiro atoms. The topological polar surface area (TPSA) is 66.8 Å². The minimum atomic E-state index is -0.947. The number of amides is 1. The summed E-state index contributed by atoms with van der Waals surface area (Å²) in [5, 5.41) is 9.14. The van der Waals surface area contributed by atoms with E-state index in [0.717, 1.165) is 12.0 Å². The Morgan fingerprint density at radius 1 is 1.42 bits per heavy atom. The zero-order valence-electron chi connectivity index (χ0n) is 11.0. The van der Waals surface area contributed by atoms with E-state index < -0.39 is 12.0 Å². The molecule has 5 nitrogen and oxygen atoms in total. The number of aliphatic carboxylic acids is 1. The number of aryl methyl sites for hydroxylation is 1. The lowest BCUT2D eigenvalue weighted by Gasteiger charge is -2.22. The smallest absolute Gasteiger partial charge is 0.326 e. The third kappa shape index (κ3) is 2.54. The summed E-state index contributed by atoms with van der Waals surface area (Å²) in [7, 11) is 1.50. The van der Waals surface area contributed by atoms with Gasteiger partial charge in [-0.15, -0.1) is 0 Å². The second-order valence-electron chi connectivity index (χ2n) is 4.70. The zero-order chi connectivity index (χ0) is 14.0. The summed E-state index contributed by atoms with van der Waals surface area (Å²) in [6.07, 6.45) is 1.23. The van der Waals surface area contributed by atoms with E-state index in [2.05, 4.69) is 0 Å². The Morgan fingerprint density at radius 2 is 2.16 bits per heavy atom. The first-order valence-electron chi connectivity index (χ1n) is 6.23. The maximum Gasteiger partial charge on any atom is 0.326 e. The number of carbonyl (C=O) groups excluding carboxylic acids is 1. The van der Waals surface area contributed by atoms with Crippen LogP contribution in [-0.4, -0.2) is 41.6 Å². The van der Waals surface area contributed by atoms with E-state index in [-0.39, 0.29) is 5.91 Å². The molecule has 1 aliphatic heterocycles. The van der Waals surface area contributed by atoms with Gasteiger partial charge < -0.3 is 14.7 Å². The number of likely N-dealkylation sites (tertiary alicyclic amines) is 1. The van der Waals surface area contributed by atoms with Crippen molar-refractivity contribution in [3.05, 3.63) is 29.3 Å². The van der Waals surface area contributed by atoms with Crippen LogP contribution >= 0.6 is 0 Å². The van der Waals surface area contributed by atoms with Gasteiger partial charge in [-0.05, 0) is 31.9 Å². The fraction of sp³-hybridized carbons (Fsp3) is 0.429. The lowest BCUT2D eigenvalue weighted by molar-refractivity contribution is -0.141. The van der Waals surface area contributed by atoms with Gasteiger partial charge in [0, 0.05) is 6.54 Å². The van der Waals surface area contributed by atoms with Gasteiger partial charge in [0.25, 0.3) is 5.91 Å². The van der Waals surface area contributed by atoms with Crippen LogP contribution in [0.1, 0.15) is 28.8 Å². The molecule has 19 heavy (non-hydrogen) atoms. The number of rotatable bonds is 3. The van der Waals surface area contributed by atoms with Crippen molar-refractivity contribution in [3.8, 4) is 5.75 Å². The number of carbonyl (C=O) groups is 2. The number of ether oxygens (including phenoxy) is 1.